The molecule has 8 heteroatoms. The molecule has 0 aliphatic carbocycles. The van der Waals surface area contributed by atoms with E-state index in [1.165, 1.54) is 11.9 Å². The van der Waals surface area contributed by atoms with Crippen LogP contribution in [0.3, 0.4) is 0 Å². The topological polar surface area (TPSA) is 24.5 Å². The van der Waals surface area contributed by atoms with Gasteiger partial charge in [-0.25, -0.2) is 22.0 Å². The summed E-state index contributed by atoms with van der Waals surface area (Å²) >= 11 is 0. The molecule has 120 valence electrons. The summed E-state index contributed by atoms with van der Waals surface area (Å²) in [7, 11) is 3.08. The summed E-state index contributed by atoms with van der Waals surface area (Å²) in [4.78, 5) is 1.46. The summed E-state index contributed by atoms with van der Waals surface area (Å²) in [5.41, 5.74) is -0.828. The van der Waals surface area contributed by atoms with Crippen LogP contribution in [0.2, 0.25) is 0 Å². The SMILES string of the molecule is COCCNCCN(C)Cc1c(F)c(F)c(F)c(F)c1F. The number of hydrogen-bond donors (Lipinski definition) is 1. The molecule has 0 aromatic heterocycles. The summed E-state index contributed by atoms with van der Waals surface area (Å²) in [6.45, 7) is 1.62. The zero-order valence-electron chi connectivity index (χ0n) is 11.8. The highest BCUT2D eigenvalue weighted by Crippen LogP contribution is 2.23. The van der Waals surface area contributed by atoms with E-state index in [4.69, 9.17) is 4.74 Å². The van der Waals surface area contributed by atoms with Crippen molar-refractivity contribution in [1.82, 2.24) is 10.2 Å². The van der Waals surface area contributed by atoms with E-state index in [0.29, 0.717) is 26.2 Å². The fourth-order valence-corrected chi connectivity index (χ4v) is 1.71. The van der Waals surface area contributed by atoms with Gasteiger partial charge in [-0.15, -0.1) is 0 Å². The largest absolute Gasteiger partial charge is 0.383 e. The third-order valence-electron chi connectivity index (χ3n) is 2.88. The maximum Gasteiger partial charge on any atom is 0.200 e. The lowest BCUT2D eigenvalue weighted by Gasteiger charge is -2.18. The Balaban J connectivity index is 2.66. The van der Waals surface area contributed by atoms with Crippen LogP contribution in [0.15, 0.2) is 0 Å². The Hall–Kier alpha value is -1.25. The van der Waals surface area contributed by atoms with Crippen molar-refractivity contribution in [2.24, 2.45) is 0 Å². The van der Waals surface area contributed by atoms with Gasteiger partial charge in [-0.05, 0) is 7.05 Å². The summed E-state index contributed by atoms with van der Waals surface area (Å²) < 4.78 is 70.7. The molecule has 0 fully saturated rings. The van der Waals surface area contributed by atoms with Gasteiger partial charge in [-0.3, -0.25) is 0 Å². The molecule has 1 aromatic carbocycles. The highest BCUT2D eigenvalue weighted by atomic mass is 19.2. The molecular weight excluding hydrogens is 295 g/mol. The number of benzene rings is 1. The summed E-state index contributed by atoms with van der Waals surface area (Å²) in [6.07, 6.45) is 0. The monoisotopic (exact) mass is 312 g/mol. The molecule has 1 rings (SSSR count). The van der Waals surface area contributed by atoms with Gasteiger partial charge in [-0.1, -0.05) is 0 Å². The van der Waals surface area contributed by atoms with Crippen LogP contribution < -0.4 is 5.32 Å². The molecule has 0 spiro atoms. The minimum atomic E-state index is -2.14. The van der Waals surface area contributed by atoms with Gasteiger partial charge >= 0.3 is 0 Å². The Kier molecular flexibility index (Phi) is 7.00. The zero-order chi connectivity index (χ0) is 16.0. The maximum atomic E-state index is 13.5. The van der Waals surface area contributed by atoms with Gasteiger partial charge in [0.1, 0.15) is 0 Å². The van der Waals surface area contributed by atoms with E-state index < -0.39 is 34.6 Å². The first-order valence-corrected chi connectivity index (χ1v) is 6.28. The number of nitrogens with zero attached hydrogens (tertiary/aromatic N) is 1. The number of methoxy groups -OCH3 is 1. The van der Waals surface area contributed by atoms with E-state index in [-0.39, 0.29) is 6.54 Å². The fraction of sp³-hybridized carbons (Fsp3) is 0.538. The van der Waals surface area contributed by atoms with Crippen LogP contribution >= 0.6 is 0 Å². The predicted molar refractivity (Wildman–Crippen MR) is 67.3 cm³/mol. The standard InChI is InChI=1S/C13H17F5N2O/c1-20(5-3-19-4-6-21-2)7-8-9(14)11(16)13(18)12(17)10(8)15/h19H,3-7H2,1-2H3. The molecule has 21 heavy (non-hydrogen) atoms. The fourth-order valence-electron chi connectivity index (χ4n) is 1.71. The van der Waals surface area contributed by atoms with Crippen molar-refractivity contribution < 1.29 is 26.7 Å². The van der Waals surface area contributed by atoms with Crippen molar-refractivity contribution in [2.45, 2.75) is 6.54 Å². The van der Waals surface area contributed by atoms with Gasteiger partial charge < -0.3 is 15.0 Å². The predicted octanol–water partition coefficient (Wildman–Crippen LogP) is 2.05. The van der Waals surface area contributed by atoms with Crippen LogP contribution in [0.4, 0.5) is 22.0 Å². The van der Waals surface area contributed by atoms with Crippen LogP contribution in [0.1, 0.15) is 5.56 Å². The molecular formula is C13H17F5N2O. The van der Waals surface area contributed by atoms with Crippen LogP contribution in [-0.2, 0) is 11.3 Å². The second-order valence-corrected chi connectivity index (χ2v) is 4.53. The molecule has 0 amide bonds. The first-order chi connectivity index (χ1) is 9.90. The van der Waals surface area contributed by atoms with Gasteiger partial charge in [-0.2, -0.15) is 0 Å². The molecule has 0 radical (unpaired) electrons. The third-order valence-corrected chi connectivity index (χ3v) is 2.88. The molecule has 0 saturated carbocycles. The van der Waals surface area contributed by atoms with Crippen LogP contribution in [0, 0.1) is 29.1 Å². The number of hydrogen-bond acceptors (Lipinski definition) is 3. The van der Waals surface area contributed by atoms with Gasteiger partial charge in [0.15, 0.2) is 23.3 Å². The van der Waals surface area contributed by atoms with Crippen molar-refractivity contribution >= 4 is 0 Å². The van der Waals surface area contributed by atoms with Crippen molar-refractivity contribution in [1.29, 1.82) is 0 Å². The third kappa shape index (κ3) is 4.62. The second-order valence-electron chi connectivity index (χ2n) is 4.53. The Morgan fingerprint density at radius 3 is 1.95 bits per heavy atom. The summed E-state index contributed by atoms with van der Waals surface area (Å²) in [5, 5.41) is 3.00. The molecule has 1 N–H and O–H groups in total. The number of halogens is 5. The lowest BCUT2D eigenvalue weighted by atomic mass is 10.1. The van der Waals surface area contributed by atoms with Crippen molar-refractivity contribution in [3.8, 4) is 0 Å². The molecule has 0 bridgehead atoms. The van der Waals surface area contributed by atoms with Gasteiger partial charge in [0.05, 0.1) is 6.61 Å². The molecule has 0 atom stereocenters. The van der Waals surface area contributed by atoms with E-state index in [9.17, 15) is 22.0 Å². The Bertz CT molecular complexity index is 455. The molecule has 0 aliphatic rings. The normalized spacial score (nSPS) is 11.4. The summed E-state index contributed by atoms with van der Waals surface area (Å²) in [6, 6.07) is 0. The molecule has 1 aromatic rings. The number of ether oxygens (including phenoxy) is 1. The second kappa shape index (κ2) is 8.26. The van der Waals surface area contributed by atoms with E-state index in [1.54, 1.807) is 7.11 Å². The number of nitrogens with one attached hydrogen (secondary N) is 1. The maximum absolute atomic E-state index is 13.5. The Labute approximate surface area is 119 Å². The quantitative estimate of drug-likeness (QED) is 0.344. The van der Waals surface area contributed by atoms with E-state index in [1.807, 2.05) is 0 Å². The smallest absolute Gasteiger partial charge is 0.200 e. The molecule has 0 heterocycles. The highest BCUT2D eigenvalue weighted by Gasteiger charge is 2.25. The minimum Gasteiger partial charge on any atom is -0.383 e. The van der Waals surface area contributed by atoms with Gasteiger partial charge in [0.25, 0.3) is 0 Å². The molecule has 0 saturated heterocycles. The van der Waals surface area contributed by atoms with E-state index in [2.05, 4.69) is 5.32 Å². The summed E-state index contributed by atoms with van der Waals surface area (Å²) in [5.74, 6) is -9.56. The van der Waals surface area contributed by atoms with Gasteiger partial charge in [0.2, 0.25) is 5.82 Å². The minimum absolute atomic E-state index is 0.377. The lowest BCUT2D eigenvalue weighted by Crippen LogP contribution is -2.31. The zero-order valence-corrected chi connectivity index (χ0v) is 11.8. The lowest BCUT2D eigenvalue weighted by molar-refractivity contribution is 0.197. The van der Waals surface area contributed by atoms with Gasteiger partial charge in [0, 0.05) is 38.9 Å². The van der Waals surface area contributed by atoms with Crippen molar-refractivity contribution in [2.75, 3.05) is 40.4 Å². The average Bonchev–Trinajstić information content (AvgIpc) is 2.47. The van der Waals surface area contributed by atoms with Crippen LogP contribution in [0.5, 0.6) is 0 Å². The van der Waals surface area contributed by atoms with E-state index >= 15 is 0 Å². The average molecular weight is 312 g/mol. The molecule has 0 aliphatic heterocycles. The highest BCUT2D eigenvalue weighted by molar-refractivity contribution is 5.24. The molecule has 3 nitrogen and oxygen atoms in total. The Morgan fingerprint density at radius 1 is 0.905 bits per heavy atom. The number of likely N-dealkylation sites (N-methyl/N-ethyl adjacent to an activating group) is 1. The van der Waals surface area contributed by atoms with Crippen molar-refractivity contribution in [3.05, 3.63) is 34.6 Å². The molecule has 0 unspecified atom stereocenters. The number of rotatable bonds is 8. The van der Waals surface area contributed by atoms with Crippen LogP contribution in [-0.4, -0.2) is 45.3 Å². The van der Waals surface area contributed by atoms with Crippen molar-refractivity contribution in [3.63, 3.8) is 0 Å². The van der Waals surface area contributed by atoms with Crippen LogP contribution in [0.25, 0.3) is 0 Å². The van der Waals surface area contributed by atoms with E-state index in [0.717, 1.165) is 0 Å². The Morgan fingerprint density at radius 2 is 1.43 bits per heavy atom. The first-order valence-electron chi connectivity index (χ1n) is 6.28. The first kappa shape index (κ1) is 17.8.